The SMILES string of the molecule is COc1ccc(C)cc1N1CC(C(=O)NC(C)c2ccncc2)CC1=O. The summed E-state index contributed by atoms with van der Waals surface area (Å²) >= 11 is 0. The van der Waals surface area contributed by atoms with E-state index in [4.69, 9.17) is 4.74 Å². The van der Waals surface area contributed by atoms with Gasteiger partial charge in [0.15, 0.2) is 0 Å². The van der Waals surface area contributed by atoms with Gasteiger partial charge in [-0.2, -0.15) is 0 Å². The first-order chi connectivity index (χ1) is 12.5. The monoisotopic (exact) mass is 353 g/mol. The minimum Gasteiger partial charge on any atom is -0.495 e. The van der Waals surface area contributed by atoms with Gasteiger partial charge >= 0.3 is 0 Å². The molecular formula is C20H23N3O3. The van der Waals surface area contributed by atoms with Gasteiger partial charge in [-0.3, -0.25) is 14.6 Å². The first kappa shape index (κ1) is 17.9. The lowest BCUT2D eigenvalue weighted by Gasteiger charge is -2.21. The third-order valence-corrected chi connectivity index (χ3v) is 4.69. The molecule has 1 aliphatic rings. The van der Waals surface area contributed by atoms with Gasteiger partial charge in [0.2, 0.25) is 11.8 Å². The van der Waals surface area contributed by atoms with Gasteiger partial charge in [0.05, 0.1) is 24.8 Å². The van der Waals surface area contributed by atoms with Crippen LogP contribution < -0.4 is 15.0 Å². The lowest BCUT2D eigenvalue weighted by atomic mass is 10.1. The van der Waals surface area contributed by atoms with Crippen LogP contribution in [0.15, 0.2) is 42.7 Å². The number of aryl methyl sites for hydroxylation is 1. The maximum atomic E-state index is 12.6. The number of anilines is 1. The standard InChI is InChI=1S/C20H23N3O3/c1-13-4-5-18(26-3)17(10-13)23-12-16(11-19(23)24)20(25)22-14(2)15-6-8-21-9-7-15/h4-10,14,16H,11-12H2,1-3H3,(H,22,25). The zero-order valence-electron chi connectivity index (χ0n) is 15.2. The number of ether oxygens (including phenoxy) is 1. The van der Waals surface area contributed by atoms with Crippen molar-refractivity contribution in [1.29, 1.82) is 0 Å². The third kappa shape index (κ3) is 3.69. The number of hydrogen-bond donors (Lipinski definition) is 1. The number of rotatable bonds is 5. The molecule has 2 aromatic rings. The number of nitrogens with zero attached hydrogens (tertiary/aromatic N) is 2. The van der Waals surface area contributed by atoms with Crippen molar-refractivity contribution in [2.45, 2.75) is 26.3 Å². The normalized spacial score (nSPS) is 17.9. The van der Waals surface area contributed by atoms with Crippen LogP contribution in [-0.4, -0.2) is 30.5 Å². The Hall–Kier alpha value is -2.89. The van der Waals surface area contributed by atoms with Gasteiger partial charge in [-0.1, -0.05) is 6.07 Å². The van der Waals surface area contributed by atoms with Gasteiger partial charge in [-0.15, -0.1) is 0 Å². The number of carbonyl (C=O) groups is 2. The Balaban J connectivity index is 1.71. The summed E-state index contributed by atoms with van der Waals surface area (Å²) in [6.07, 6.45) is 3.59. The second kappa shape index (κ2) is 7.56. The molecule has 2 atom stereocenters. The molecule has 1 saturated heterocycles. The average molecular weight is 353 g/mol. The summed E-state index contributed by atoms with van der Waals surface area (Å²) in [4.78, 5) is 30.8. The summed E-state index contributed by atoms with van der Waals surface area (Å²) in [5.74, 6) is 0.0783. The van der Waals surface area contributed by atoms with E-state index in [0.29, 0.717) is 12.3 Å². The fraction of sp³-hybridized carbons (Fsp3) is 0.350. The molecule has 26 heavy (non-hydrogen) atoms. The lowest BCUT2D eigenvalue weighted by Crippen LogP contribution is -2.34. The van der Waals surface area contributed by atoms with Crippen molar-refractivity contribution in [3.8, 4) is 5.75 Å². The summed E-state index contributed by atoms with van der Waals surface area (Å²) < 4.78 is 5.38. The lowest BCUT2D eigenvalue weighted by molar-refractivity contribution is -0.126. The molecule has 0 saturated carbocycles. The zero-order valence-corrected chi connectivity index (χ0v) is 15.2. The number of pyridine rings is 1. The van der Waals surface area contributed by atoms with Crippen LogP contribution in [0.3, 0.4) is 0 Å². The van der Waals surface area contributed by atoms with E-state index in [2.05, 4.69) is 10.3 Å². The van der Waals surface area contributed by atoms with Gasteiger partial charge in [-0.25, -0.2) is 0 Å². The molecular weight excluding hydrogens is 330 g/mol. The number of carbonyl (C=O) groups excluding carboxylic acids is 2. The first-order valence-electron chi connectivity index (χ1n) is 8.65. The highest BCUT2D eigenvalue weighted by Gasteiger charge is 2.36. The Bertz CT molecular complexity index is 807. The maximum absolute atomic E-state index is 12.6. The van der Waals surface area contributed by atoms with E-state index in [1.807, 2.05) is 44.2 Å². The average Bonchev–Trinajstić information content (AvgIpc) is 3.04. The van der Waals surface area contributed by atoms with E-state index >= 15 is 0 Å². The highest BCUT2D eigenvalue weighted by Crippen LogP contribution is 2.34. The van der Waals surface area contributed by atoms with Crippen molar-refractivity contribution >= 4 is 17.5 Å². The summed E-state index contributed by atoms with van der Waals surface area (Å²) in [6, 6.07) is 9.29. The maximum Gasteiger partial charge on any atom is 0.227 e. The topological polar surface area (TPSA) is 71.5 Å². The molecule has 1 aromatic heterocycles. The van der Waals surface area contributed by atoms with Gasteiger partial charge in [0.25, 0.3) is 0 Å². The number of nitrogens with one attached hydrogen (secondary N) is 1. The van der Waals surface area contributed by atoms with Crippen molar-refractivity contribution in [3.05, 3.63) is 53.9 Å². The fourth-order valence-electron chi connectivity index (χ4n) is 3.19. The van der Waals surface area contributed by atoms with Crippen LogP contribution in [-0.2, 0) is 9.59 Å². The fourth-order valence-corrected chi connectivity index (χ4v) is 3.19. The van der Waals surface area contributed by atoms with Crippen LogP contribution in [0.5, 0.6) is 5.75 Å². The van der Waals surface area contributed by atoms with E-state index in [-0.39, 0.29) is 30.2 Å². The molecule has 1 aliphatic heterocycles. The molecule has 1 N–H and O–H groups in total. The third-order valence-electron chi connectivity index (χ3n) is 4.69. The van der Waals surface area contributed by atoms with Gasteiger partial charge in [-0.05, 0) is 49.2 Å². The van der Waals surface area contributed by atoms with E-state index in [1.54, 1.807) is 24.4 Å². The van der Waals surface area contributed by atoms with E-state index < -0.39 is 0 Å². The minimum absolute atomic E-state index is 0.0642. The smallest absolute Gasteiger partial charge is 0.227 e. The van der Waals surface area contributed by atoms with Crippen LogP contribution in [0, 0.1) is 12.8 Å². The molecule has 0 radical (unpaired) electrons. The summed E-state index contributed by atoms with van der Waals surface area (Å²) in [7, 11) is 1.58. The molecule has 136 valence electrons. The number of hydrogen-bond acceptors (Lipinski definition) is 4. The summed E-state index contributed by atoms with van der Waals surface area (Å²) in [6.45, 7) is 4.24. The Morgan fingerprint density at radius 1 is 1.31 bits per heavy atom. The quantitative estimate of drug-likeness (QED) is 0.897. The van der Waals surface area contributed by atoms with Crippen LogP contribution in [0.4, 0.5) is 5.69 Å². The van der Waals surface area contributed by atoms with Gasteiger partial charge in [0.1, 0.15) is 5.75 Å². The molecule has 2 amide bonds. The highest BCUT2D eigenvalue weighted by atomic mass is 16.5. The van der Waals surface area contributed by atoms with Crippen molar-refractivity contribution in [2.75, 3.05) is 18.6 Å². The highest BCUT2D eigenvalue weighted by molar-refractivity contribution is 6.01. The summed E-state index contributed by atoms with van der Waals surface area (Å²) in [5.41, 5.74) is 2.73. The second-order valence-corrected chi connectivity index (χ2v) is 6.59. The molecule has 0 aliphatic carbocycles. The largest absolute Gasteiger partial charge is 0.495 e. The van der Waals surface area contributed by atoms with E-state index in [1.165, 1.54) is 0 Å². The van der Waals surface area contributed by atoms with E-state index in [0.717, 1.165) is 16.8 Å². The zero-order chi connectivity index (χ0) is 18.7. The van der Waals surface area contributed by atoms with Crippen LogP contribution in [0.2, 0.25) is 0 Å². The predicted octanol–water partition coefficient (Wildman–Crippen LogP) is 2.63. The van der Waals surface area contributed by atoms with Crippen LogP contribution in [0.1, 0.15) is 30.5 Å². The molecule has 1 fully saturated rings. The number of aromatic nitrogens is 1. The Kier molecular flexibility index (Phi) is 5.21. The minimum atomic E-state index is -0.378. The van der Waals surface area contributed by atoms with Crippen LogP contribution >= 0.6 is 0 Å². The summed E-state index contributed by atoms with van der Waals surface area (Å²) in [5, 5.41) is 2.99. The van der Waals surface area contributed by atoms with Crippen molar-refractivity contribution in [2.24, 2.45) is 5.92 Å². The molecule has 3 rings (SSSR count). The molecule has 0 spiro atoms. The van der Waals surface area contributed by atoms with Crippen molar-refractivity contribution in [1.82, 2.24) is 10.3 Å². The molecule has 2 heterocycles. The molecule has 6 nitrogen and oxygen atoms in total. The molecule has 2 unspecified atom stereocenters. The van der Waals surface area contributed by atoms with Crippen molar-refractivity contribution < 1.29 is 14.3 Å². The Labute approximate surface area is 153 Å². The Morgan fingerprint density at radius 3 is 2.73 bits per heavy atom. The Morgan fingerprint density at radius 2 is 2.04 bits per heavy atom. The van der Waals surface area contributed by atoms with Gasteiger partial charge < -0.3 is 15.0 Å². The number of benzene rings is 1. The van der Waals surface area contributed by atoms with E-state index in [9.17, 15) is 9.59 Å². The molecule has 0 bridgehead atoms. The van der Waals surface area contributed by atoms with Crippen LogP contribution in [0.25, 0.3) is 0 Å². The number of amides is 2. The molecule has 6 heteroatoms. The van der Waals surface area contributed by atoms with Crippen molar-refractivity contribution in [3.63, 3.8) is 0 Å². The number of methoxy groups -OCH3 is 1. The predicted molar refractivity (Wildman–Crippen MR) is 99.0 cm³/mol. The second-order valence-electron chi connectivity index (χ2n) is 6.59. The molecule has 1 aromatic carbocycles. The first-order valence-corrected chi connectivity index (χ1v) is 8.65. The van der Waals surface area contributed by atoms with Gasteiger partial charge in [0, 0.05) is 25.4 Å².